The van der Waals surface area contributed by atoms with Crippen LogP contribution in [0.25, 0.3) is 11.3 Å². The molecule has 0 bridgehead atoms. The van der Waals surface area contributed by atoms with Crippen LogP contribution in [0.1, 0.15) is 34.0 Å². The first kappa shape index (κ1) is 15.1. The number of fused-ring (bicyclic) bond motifs is 1. The molecule has 1 aliphatic rings. The summed E-state index contributed by atoms with van der Waals surface area (Å²) < 4.78 is 8.05. The Balaban J connectivity index is 1.75. The number of nitrogens with zero attached hydrogens (tertiary/aromatic N) is 5. The molecule has 24 heavy (non-hydrogen) atoms. The quantitative estimate of drug-likeness (QED) is 0.794. The number of carbonyl (C=O) groups is 1. The number of nitrogens with one attached hydrogen (secondary N) is 1. The number of aromatic nitrogens is 5. The third-order valence-electron chi connectivity index (χ3n) is 4.15. The smallest absolute Gasteiger partial charge is 0.276 e. The van der Waals surface area contributed by atoms with E-state index in [2.05, 4.69) is 19.4 Å². The summed E-state index contributed by atoms with van der Waals surface area (Å²) in [6.07, 6.45) is 6.84. The zero-order valence-electron chi connectivity index (χ0n) is 13.6. The molecule has 0 atom stereocenters. The highest BCUT2D eigenvalue weighted by molar-refractivity contribution is 7.05. The van der Waals surface area contributed by atoms with Crippen molar-refractivity contribution in [2.75, 3.05) is 5.32 Å². The SMILES string of the molecule is Cc1cc(C(=O)Nc2c(-c3cnn(C)c3)nc3n2CCCC3)ns1. The highest BCUT2D eigenvalue weighted by Crippen LogP contribution is 2.31. The van der Waals surface area contributed by atoms with Crippen LogP contribution < -0.4 is 5.32 Å². The molecule has 3 aromatic rings. The Morgan fingerprint density at radius 3 is 2.96 bits per heavy atom. The fraction of sp³-hybridized carbons (Fsp3) is 0.375. The molecule has 7 nitrogen and oxygen atoms in total. The molecule has 0 aromatic carbocycles. The Morgan fingerprint density at radius 2 is 2.25 bits per heavy atom. The molecule has 124 valence electrons. The van der Waals surface area contributed by atoms with Gasteiger partial charge in [-0.3, -0.25) is 9.48 Å². The lowest BCUT2D eigenvalue weighted by molar-refractivity contribution is 0.102. The van der Waals surface area contributed by atoms with E-state index in [1.54, 1.807) is 16.9 Å². The summed E-state index contributed by atoms with van der Waals surface area (Å²) in [5.74, 6) is 1.57. The molecule has 0 saturated carbocycles. The Labute approximate surface area is 143 Å². The zero-order valence-corrected chi connectivity index (χ0v) is 14.4. The second-order valence-electron chi connectivity index (χ2n) is 6.01. The van der Waals surface area contributed by atoms with E-state index in [9.17, 15) is 4.79 Å². The number of anilines is 1. The molecule has 1 N–H and O–H groups in total. The standard InChI is InChI=1S/C16H18N6OS/c1-10-7-12(20-24-10)16(23)19-15-14(11-8-17-21(2)9-11)18-13-5-3-4-6-22(13)15/h7-9H,3-6H2,1-2H3,(H,19,23). The third-order valence-corrected chi connectivity index (χ3v) is 4.84. The molecule has 3 aromatic heterocycles. The summed E-state index contributed by atoms with van der Waals surface area (Å²) >= 11 is 1.33. The van der Waals surface area contributed by atoms with Crippen LogP contribution >= 0.6 is 11.5 Å². The summed E-state index contributed by atoms with van der Waals surface area (Å²) in [5.41, 5.74) is 2.13. The number of aryl methyl sites for hydroxylation is 3. The number of imidazole rings is 1. The summed E-state index contributed by atoms with van der Waals surface area (Å²) in [7, 11) is 1.87. The van der Waals surface area contributed by atoms with Gasteiger partial charge >= 0.3 is 0 Å². The fourth-order valence-electron chi connectivity index (χ4n) is 3.00. The maximum atomic E-state index is 12.6. The molecule has 0 aliphatic carbocycles. The predicted molar refractivity (Wildman–Crippen MR) is 92.2 cm³/mol. The van der Waals surface area contributed by atoms with Crippen molar-refractivity contribution in [3.63, 3.8) is 0 Å². The maximum absolute atomic E-state index is 12.6. The van der Waals surface area contributed by atoms with E-state index in [4.69, 9.17) is 4.98 Å². The molecule has 0 unspecified atom stereocenters. The molecule has 0 saturated heterocycles. The van der Waals surface area contributed by atoms with Gasteiger partial charge in [0.25, 0.3) is 5.91 Å². The Morgan fingerprint density at radius 1 is 1.38 bits per heavy atom. The van der Waals surface area contributed by atoms with Crippen LogP contribution in [0.2, 0.25) is 0 Å². The minimum Gasteiger partial charge on any atom is -0.314 e. The molecular formula is C16H18N6OS. The molecular weight excluding hydrogens is 324 g/mol. The maximum Gasteiger partial charge on any atom is 0.276 e. The first-order valence-electron chi connectivity index (χ1n) is 7.95. The van der Waals surface area contributed by atoms with Crippen molar-refractivity contribution in [2.24, 2.45) is 7.05 Å². The molecule has 0 fully saturated rings. The number of hydrogen-bond acceptors (Lipinski definition) is 5. The number of rotatable bonds is 3. The van der Waals surface area contributed by atoms with Gasteiger partial charge in [0, 0.05) is 36.7 Å². The van der Waals surface area contributed by atoms with Gasteiger partial charge in [0.05, 0.1) is 6.20 Å². The van der Waals surface area contributed by atoms with Gasteiger partial charge in [0.2, 0.25) is 0 Å². The average Bonchev–Trinajstić information content (AvgIpc) is 3.27. The lowest BCUT2D eigenvalue weighted by atomic mass is 10.2. The van der Waals surface area contributed by atoms with Gasteiger partial charge in [-0.25, -0.2) is 4.98 Å². The lowest BCUT2D eigenvalue weighted by Crippen LogP contribution is -2.18. The van der Waals surface area contributed by atoms with Crippen molar-refractivity contribution in [1.82, 2.24) is 23.7 Å². The zero-order chi connectivity index (χ0) is 16.7. The molecule has 1 aliphatic heterocycles. The molecule has 1 amide bonds. The first-order chi connectivity index (χ1) is 11.6. The van der Waals surface area contributed by atoms with Gasteiger partial charge in [-0.1, -0.05) is 0 Å². The van der Waals surface area contributed by atoms with E-state index >= 15 is 0 Å². The monoisotopic (exact) mass is 342 g/mol. The number of carbonyl (C=O) groups excluding carboxylic acids is 1. The molecule has 0 spiro atoms. The van der Waals surface area contributed by atoms with E-state index in [0.29, 0.717) is 5.69 Å². The second-order valence-corrected chi connectivity index (χ2v) is 7.02. The van der Waals surface area contributed by atoms with Gasteiger partial charge in [0.1, 0.15) is 23.0 Å². The van der Waals surface area contributed by atoms with Crippen LogP contribution in [0.3, 0.4) is 0 Å². The first-order valence-corrected chi connectivity index (χ1v) is 8.72. The van der Waals surface area contributed by atoms with E-state index in [1.807, 2.05) is 20.2 Å². The summed E-state index contributed by atoms with van der Waals surface area (Å²) in [6.45, 7) is 2.81. The normalized spacial score (nSPS) is 13.8. The second kappa shape index (κ2) is 5.86. The van der Waals surface area contributed by atoms with Gasteiger partial charge in [-0.05, 0) is 37.4 Å². The molecule has 0 radical (unpaired) electrons. The predicted octanol–water partition coefficient (Wildman–Crippen LogP) is 2.64. The van der Waals surface area contributed by atoms with Crippen molar-refractivity contribution in [2.45, 2.75) is 32.7 Å². The van der Waals surface area contributed by atoms with Crippen LogP contribution in [0.15, 0.2) is 18.5 Å². The van der Waals surface area contributed by atoms with Crippen molar-refractivity contribution in [1.29, 1.82) is 0 Å². The van der Waals surface area contributed by atoms with Gasteiger partial charge in [0.15, 0.2) is 0 Å². The number of hydrogen-bond donors (Lipinski definition) is 1. The van der Waals surface area contributed by atoms with Crippen LogP contribution in [0.4, 0.5) is 5.82 Å². The minimum atomic E-state index is -0.197. The minimum absolute atomic E-state index is 0.197. The summed E-state index contributed by atoms with van der Waals surface area (Å²) in [5, 5.41) is 7.25. The van der Waals surface area contributed by atoms with Gasteiger partial charge in [-0.15, -0.1) is 0 Å². The summed E-state index contributed by atoms with van der Waals surface area (Å²) in [4.78, 5) is 18.4. The van der Waals surface area contributed by atoms with Crippen LogP contribution in [-0.2, 0) is 20.0 Å². The van der Waals surface area contributed by atoms with Crippen molar-refractivity contribution in [3.05, 3.63) is 34.9 Å². The van der Waals surface area contributed by atoms with Crippen LogP contribution in [-0.4, -0.2) is 29.6 Å². The van der Waals surface area contributed by atoms with Crippen molar-refractivity contribution in [3.8, 4) is 11.3 Å². The Hall–Kier alpha value is -2.48. The fourth-order valence-corrected chi connectivity index (χ4v) is 3.54. The third kappa shape index (κ3) is 2.62. The lowest BCUT2D eigenvalue weighted by Gasteiger charge is -2.16. The molecule has 4 heterocycles. The largest absolute Gasteiger partial charge is 0.314 e. The van der Waals surface area contributed by atoms with Gasteiger partial charge in [-0.2, -0.15) is 9.47 Å². The van der Waals surface area contributed by atoms with Gasteiger partial charge < -0.3 is 9.88 Å². The van der Waals surface area contributed by atoms with Crippen LogP contribution in [0, 0.1) is 6.92 Å². The Kier molecular flexibility index (Phi) is 3.68. The van der Waals surface area contributed by atoms with E-state index in [0.717, 1.165) is 53.6 Å². The van der Waals surface area contributed by atoms with E-state index in [1.165, 1.54) is 11.5 Å². The highest BCUT2D eigenvalue weighted by Gasteiger charge is 2.24. The average molecular weight is 342 g/mol. The molecule has 4 rings (SSSR count). The van der Waals surface area contributed by atoms with Crippen LogP contribution in [0.5, 0.6) is 0 Å². The van der Waals surface area contributed by atoms with Crippen molar-refractivity contribution >= 4 is 23.3 Å². The number of amides is 1. The molecule has 8 heteroatoms. The topological polar surface area (TPSA) is 77.6 Å². The van der Waals surface area contributed by atoms with E-state index < -0.39 is 0 Å². The highest BCUT2D eigenvalue weighted by atomic mass is 32.1. The Bertz CT molecular complexity index is 906. The van der Waals surface area contributed by atoms with Crippen molar-refractivity contribution < 1.29 is 4.79 Å². The van der Waals surface area contributed by atoms with E-state index in [-0.39, 0.29) is 5.91 Å². The summed E-state index contributed by atoms with van der Waals surface area (Å²) in [6, 6.07) is 1.80.